The molecule has 0 bridgehead atoms. The van der Waals surface area contributed by atoms with E-state index >= 15 is 0 Å². The van der Waals surface area contributed by atoms with Crippen molar-refractivity contribution in [2.75, 3.05) is 5.32 Å². The van der Waals surface area contributed by atoms with Crippen molar-refractivity contribution >= 4 is 23.2 Å². The summed E-state index contributed by atoms with van der Waals surface area (Å²) in [5.74, 6) is -1.15. The molecule has 3 N–H and O–H groups in total. The van der Waals surface area contributed by atoms with E-state index in [4.69, 9.17) is 5.73 Å². The van der Waals surface area contributed by atoms with Crippen LogP contribution in [0.15, 0.2) is 42.9 Å². The Kier molecular flexibility index (Phi) is 5.16. The lowest BCUT2D eigenvalue weighted by atomic mass is 10.1. The summed E-state index contributed by atoms with van der Waals surface area (Å²) in [6.07, 6.45) is 4.04. The third-order valence-corrected chi connectivity index (χ3v) is 3.96. The van der Waals surface area contributed by atoms with E-state index in [0.29, 0.717) is 18.7 Å². The van der Waals surface area contributed by atoms with Gasteiger partial charge in [-0.2, -0.15) is 10.2 Å². The van der Waals surface area contributed by atoms with Crippen LogP contribution in [0.2, 0.25) is 0 Å². The Balaban J connectivity index is 1.71. The van der Waals surface area contributed by atoms with Gasteiger partial charge in [0.2, 0.25) is 0 Å². The van der Waals surface area contributed by atoms with Crippen LogP contribution in [0.25, 0.3) is 0 Å². The van der Waals surface area contributed by atoms with Gasteiger partial charge in [0.15, 0.2) is 5.69 Å². The number of amides is 2. The first-order valence-corrected chi connectivity index (χ1v) is 8.31. The molecule has 0 spiro atoms. The molecule has 0 saturated carbocycles. The molecule has 0 radical (unpaired) electrons. The lowest BCUT2D eigenvalue weighted by molar-refractivity contribution is -0.385. The number of nitrogens with two attached hydrogens (primary N) is 1. The smallest absolute Gasteiger partial charge is 0.307 e. The number of anilines is 1. The van der Waals surface area contributed by atoms with Crippen molar-refractivity contribution in [3.8, 4) is 0 Å². The molecular formula is C17H17N7O4. The van der Waals surface area contributed by atoms with Crippen LogP contribution in [0.1, 0.15) is 33.3 Å². The maximum absolute atomic E-state index is 12.4. The van der Waals surface area contributed by atoms with Gasteiger partial charge in [0.05, 0.1) is 17.2 Å². The van der Waals surface area contributed by atoms with Gasteiger partial charge < -0.3 is 11.1 Å². The number of benzene rings is 1. The molecule has 0 fully saturated rings. The number of nitrogens with one attached hydrogen (secondary N) is 1. The van der Waals surface area contributed by atoms with Crippen molar-refractivity contribution < 1.29 is 14.5 Å². The first-order valence-electron chi connectivity index (χ1n) is 8.31. The van der Waals surface area contributed by atoms with E-state index in [1.54, 1.807) is 24.3 Å². The summed E-state index contributed by atoms with van der Waals surface area (Å²) in [4.78, 5) is 34.1. The molecule has 2 amide bonds. The number of hydrogen-bond acceptors (Lipinski definition) is 6. The zero-order valence-electron chi connectivity index (χ0n) is 14.9. The van der Waals surface area contributed by atoms with Gasteiger partial charge in [-0.15, -0.1) is 0 Å². The first-order chi connectivity index (χ1) is 13.4. The largest absolute Gasteiger partial charge is 0.364 e. The molecule has 11 nitrogen and oxygen atoms in total. The van der Waals surface area contributed by atoms with Gasteiger partial charge in [-0.05, 0) is 24.6 Å². The van der Waals surface area contributed by atoms with Crippen LogP contribution in [0.3, 0.4) is 0 Å². The SMILES string of the molecule is CCn1cc(NC(=O)c2ccc(Cn3cc([N+](=O)[O-])cn3)cc2)c(C(N)=O)n1. The summed E-state index contributed by atoms with van der Waals surface area (Å²) in [7, 11) is 0. The minimum atomic E-state index is -0.730. The number of primary amides is 1. The van der Waals surface area contributed by atoms with Crippen LogP contribution in [-0.4, -0.2) is 36.3 Å². The van der Waals surface area contributed by atoms with Gasteiger partial charge in [-0.1, -0.05) is 12.1 Å². The second-order valence-corrected chi connectivity index (χ2v) is 5.92. The number of aryl methyl sites for hydroxylation is 1. The Labute approximate surface area is 158 Å². The third kappa shape index (κ3) is 4.03. The zero-order chi connectivity index (χ0) is 20.3. The second-order valence-electron chi connectivity index (χ2n) is 5.92. The molecule has 0 unspecified atom stereocenters. The Bertz CT molecular complexity index is 1040. The Morgan fingerprint density at radius 3 is 2.50 bits per heavy atom. The van der Waals surface area contributed by atoms with Gasteiger partial charge in [-0.3, -0.25) is 29.1 Å². The molecule has 3 rings (SSSR count). The van der Waals surface area contributed by atoms with E-state index < -0.39 is 16.7 Å². The van der Waals surface area contributed by atoms with E-state index in [9.17, 15) is 19.7 Å². The molecular weight excluding hydrogens is 366 g/mol. The first kappa shape index (κ1) is 18.8. The molecule has 28 heavy (non-hydrogen) atoms. The Morgan fingerprint density at radius 2 is 1.93 bits per heavy atom. The Hall–Kier alpha value is -4.02. The van der Waals surface area contributed by atoms with Crippen LogP contribution in [0.4, 0.5) is 11.4 Å². The van der Waals surface area contributed by atoms with Crippen molar-refractivity contribution in [2.24, 2.45) is 5.73 Å². The number of nitrogens with zero attached hydrogens (tertiary/aromatic N) is 5. The summed E-state index contributed by atoms with van der Waals surface area (Å²) in [6.45, 7) is 2.69. The highest BCUT2D eigenvalue weighted by atomic mass is 16.6. The van der Waals surface area contributed by atoms with Crippen LogP contribution in [0, 0.1) is 10.1 Å². The zero-order valence-corrected chi connectivity index (χ0v) is 14.9. The van der Waals surface area contributed by atoms with Crippen LogP contribution < -0.4 is 11.1 Å². The summed E-state index contributed by atoms with van der Waals surface area (Å²) < 4.78 is 2.94. The topological polar surface area (TPSA) is 151 Å². The minimum absolute atomic E-state index is 0.00732. The second kappa shape index (κ2) is 7.70. The molecule has 11 heteroatoms. The van der Waals surface area contributed by atoms with Gasteiger partial charge in [0.1, 0.15) is 12.4 Å². The molecule has 0 aliphatic carbocycles. The lowest BCUT2D eigenvalue weighted by Crippen LogP contribution is -2.18. The van der Waals surface area contributed by atoms with Gasteiger partial charge in [0.25, 0.3) is 11.8 Å². The van der Waals surface area contributed by atoms with E-state index in [1.165, 1.54) is 28.0 Å². The maximum atomic E-state index is 12.4. The van der Waals surface area contributed by atoms with Gasteiger partial charge in [-0.25, -0.2) is 0 Å². The minimum Gasteiger partial charge on any atom is -0.364 e. The molecule has 0 atom stereocenters. The quantitative estimate of drug-likeness (QED) is 0.465. The van der Waals surface area contributed by atoms with Crippen molar-refractivity contribution in [2.45, 2.75) is 20.0 Å². The highest BCUT2D eigenvalue weighted by Gasteiger charge is 2.17. The molecule has 2 heterocycles. The van der Waals surface area contributed by atoms with Crippen molar-refractivity contribution in [1.82, 2.24) is 19.6 Å². The summed E-state index contributed by atoms with van der Waals surface area (Å²) in [5, 5.41) is 21.3. The summed E-state index contributed by atoms with van der Waals surface area (Å²) in [6, 6.07) is 6.65. The Morgan fingerprint density at radius 1 is 1.21 bits per heavy atom. The van der Waals surface area contributed by atoms with Gasteiger partial charge in [0, 0.05) is 18.3 Å². The molecule has 144 valence electrons. The highest BCUT2D eigenvalue weighted by Crippen LogP contribution is 2.16. The van der Waals surface area contributed by atoms with E-state index in [2.05, 4.69) is 15.5 Å². The molecule has 0 aliphatic heterocycles. The molecule has 0 aliphatic rings. The fourth-order valence-corrected chi connectivity index (χ4v) is 2.53. The number of hydrogen-bond donors (Lipinski definition) is 2. The highest BCUT2D eigenvalue weighted by molar-refractivity contribution is 6.07. The molecule has 0 saturated heterocycles. The predicted molar refractivity (Wildman–Crippen MR) is 98.8 cm³/mol. The number of nitro groups is 1. The fourth-order valence-electron chi connectivity index (χ4n) is 2.53. The number of carbonyl (C=O) groups is 2. The molecule has 1 aromatic carbocycles. The maximum Gasteiger partial charge on any atom is 0.307 e. The van der Waals surface area contributed by atoms with E-state index in [0.717, 1.165) is 5.56 Å². The number of carbonyl (C=O) groups excluding carboxylic acids is 2. The fraction of sp³-hybridized carbons (Fsp3) is 0.176. The third-order valence-electron chi connectivity index (χ3n) is 3.96. The van der Waals surface area contributed by atoms with Crippen molar-refractivity contribution in [3.05, 3.63) is 69.8 Å². The van der Waals surface area contributed by atoms with Gasteiger partial charge >= 0.3 is 5.69 Å². The van der Waals surface area contributed by atoms with E-state index in [-0.39, 0.29) is 17.1 Å². The predicted octanol–water partition coefficient (Wildman–Crippen LogP) is 1.41. The summed E-state index contributed by atoms with van der Waals surface area (Å²) in [5.41, 5.74) is 6.62. The van der Waals surface area contributed by atoms with Crippen LogP contribution >= 0.6 is 0 Å². The summed E-state index contributed by atoms with van der Waals surface area (Å²) >= 11 is 0. The normalized spacial score (nSPS) is 10.6. The standard InChI is InChI=1S/C17H17N7O4/c1-2-22-10-14(15(21-22)16(18)25)20-17(26)12-5-3-11(4-6-12)8-23-9-13(7-19-23)24(27)28/h3-7,9-10H,2,8H2,1H3,(H2,18,25)(H,20,26). The van der Waals surface area contributed by atoms with Crippen LogP contribution in [0.5, 0.6) is 0 Å². The number of aromatic nitrogens is 4. The monoisotopic (exact) mass is 383 g/mol. The average Bonchev–Trinajstić information content (AvgIpc) is 3.29. The van der Waals surface area contributed by atoms with Crippen LogP contribution in [-0.2, 0) is 13.1 Å². The lowest BCUT2D eigenvalue weighted by Gasteiger charge is -2.06. The van der Waals surface area contributed by atoms with E-state index in [1.807, 2.05) is 6.92 Å². The molecule has 3 aromatic rings. The number of rotatable bonds is 7. The average molecular weight is 383 g/mol. The van der Waals surface area contributed by atoms with Crippen molar-refractivity contribution in [1.29, 1.82) is 0 Å². The van der Waals surface area contributed by atoms with Crippen molar-refractivity contribution in [3.63, 3.8) is 0 Å². The molecule has 2 aromatic heterocycles.